The Morgan fingerprint density at radius 3 is 2.59 bits per heavy atom. The van der Waals surface area contributed by atoms with E-state index in [1.54, 1.807) is 37.9 Å². The van der Waals surface area contributed by atoms with E-state index >= 15 is 0 Å². The first-order valence-electron chi connectivity index (χ1n) is 8.28. The highest BCUT2D eigenvalue weighted by Crippen LogP contribution is 2.30. The minimum Gasteiger partial charge on any atom is -0.490 e. The highest BCUT2D eigenvalue weighted by Gasteiger charge is 2.23. The predicted molar refractivity (Wildman–Crippen MR) is 100 cm³/mol. The number of nitrogens with one attached hydrogen (secondary N) is 1. The minimum atomic E-state index is -2.96. The van der Waals surface area contributed by atoms with Crippen molar-refractivity contribution < 1.29 is 27.8 Å². The zero-order chi connectivity index (χ0) is 20.4. The summed E-state index contributed by atoms with van der Waals surface area (Å²) in [5, 5.41) is 2.45. The van der Waals surface area contributed by atoms with Gasteiger partial charge < -0.3 is 25.4 Å². The molecule has 0 heterocycles. The van der Waals surface area contributed by atoms with E-state index < -0.39 is 18.7 Å². The highest BCUT2D eigenvalue weighted by molar-refractivity contribution is 7.98. The van der Waals surface area contributed by atoms with E-state index in [1.807, 2.05) is 6.26 Å². The molecule has 3 N–H and O–H groups in total. The van der Waals surface area contributed by atoms with Gasteiger partial charge in [-0.15, -0.1) is 0 Å². The summed E-state index contributed by atoms with van der Waals surface area (Å²) < 4.78 is 34.7. The molecule has 27 heavy (non-hydrogen) atoms. The zero-order valence-electron chi connectivity index (χ0n) is 15.5. The van der Waals surface area contributed by atoms with Crippen LogP contribution >= 0.6 is 11.8 Å². The lowest BCUT2D eigenvalue weighted by atomic mass is 10.1. The van der Waals surface area contributed by atoms with E-state index in [4.69, 9.17) is 10.5 Å². The fraction of sp³-hybridized carbons (Fsp3) is 0.529. The van der Waals surface area contributed by atoms with Gasteiger partial charge in [0.25, 0.3) is 0 Å². The molecule has 0 fully saturated rings. The number of primary amides is 1. The number of nitrogens with zero attached hydrogens (tertiary/aromatic N) is 1. The fourth-order valence-electron chi connectivity index (χ4n) is 2.40. The van der Waals surface area contributed by atoms with Gasteiger partial charge in [-0.3, -0.25) is 4.79 Å². The molecular weight excluding hydrogens is 380 g/mol. The number of halogens is 2. The van der Waals surface area contributed by atoms with Crippen molar-refractivity contribution in [3.8, 4) is 11.5 Å². The summed E-state index contributed by atoms with van der Waals surface area (Å²) in [5.74, 6) is 0.482. The van der Waals surface area contributed by atoms with Gasteiger partial charge in [-0.25, -0.2) is 4.79 Å². The Bertz CT molecular complexity index is 634. The highest BCUT2D eigenvalue weighted by atomic mass is 32.2. The Morgan fingerprint density at radius 2 is 2.04 bits per heavy atom. The number of carbonyl (C=O) groups excluding carboxylic acids is 2. The number of alkyl halides is 2. The molecule has 0 bridgehead atoms. The Hall–Kier alpha value is -2.23. The van der Waals surface area contributed by atoms with Gasteiger partial charge in [-0.2, -0.15) is 20.5 Å². The second-order valence-electron chi connectivity index (χ2n) is 5.63. The van der Waals surface area contributed by atoms with Crippen molar-refractivity contribution in [2.75, 3.05) is 25.7 Å². The van der Waals surface area contributed by atoms with Gasteiger partial charge in [0.1, 0.15) is 6.04 Å². The number of nitrogens with two attached hydrogens (primary N) is 1. The molecule has 0 radical (unpaired) electrons. The van der Waals surface area contributed by atoms with Crippen LogP contribution in [0.25, 0.3) is 0 Å². The third-order valence-electron chi connectivity index (χ3n) is 3.55. The van der Waals surface area contributed by atoms with Crippen LogP contribution < -0.4 is 20.5 Å². The minimum absolute atomic E-state index is 0.0715. The van der Waals surface area contributed by atoms with E-state index in [1.165, 1.54) is 11.0 Å². The number of hydrogen-bond donors (Lipinski definition) is 2. The molecule has 0 saturated carbocycles. The molecule has 1 aromatic carbocycles. The molecule has 0 aromatic heterocycles. The Kier molecular flexibility index (Phi) is 9.70. The molecule has 3 amide bonds. The van der Waals surface area contributed by atoms with E-state index in [-0.39, 0.29) is 30.6 Å². The van der Waals surface area contributed by atoms with Gasteiger partial charge in [-0.1, -0.05) is 6.07 Å². The number of amides is 3. The summed E-state index contributed by atoms with van der Waals surface area (Å²) in [6.07, 6.45) is 2.34. The van der Waals surface area contributed by atoms with Crippen molar-refractivity contribution in [1.29, 1.82) is 0 Å². The maximum absolute atomic E-state index is 12.6. The van der Waals surface area contributed by atoms with E-state index in [2.05, 4.69) is 10.1 Å². The number of carbonyl (C=O) groups is 2. The molecule has 10 heteroatoms. The molecule has 0 spiro atoms. The molecule has 0 aliphatic rings. The molecule has 0 aliphatic carbocycles. The predicted octanol–water partition coefficient (Wildman–Crippen LogP) is 2.44. The number of likely N-dealkylation sites (N-methyl/N-ethyl adjacent to an activating group) is 1. The average Bonchev–Trinajstić information content (AvgIpc) is 2.59. The second-order valence-corrected chi connectivity index (χ2v) is 6.62. The van der Waals surface area contributed by atoms with Crippen molar-refractivity contribution in [3.63, 3.8) is 0 Å². The SMILES string of the molecule is CCOc1cc(CN(C)C(=O)C(CCSC)NC(N)=O)ccc1OC(F)F. The number of rotatable bonds is 11. The van der Waals surface area contributed by atoms with Crippen LogP contribution in [0, 0.1) is 0 Å². The first-order chi connectivity index (χ1) is 12.8. The molecule has 0 aliphatic heterocycles. The number of urea groups is 1. The van der Waals surface area contributed by atoms with Crippen molar-refractivity contribution in [1.82, 2.24) is 10.2 Å². The van der Waals surface area contributed by atoms with Gasteiger partial charge in [0, 0.05) is 13.6 Å². The van der Waals surface area contributed by atoms with Crippen molar-refractivity contribution in [2.24, 2.45) is 5.73 Å². The lowest BCUT2D eigenvalue weighted by Gasteiger charge is -2.24. The maximum Gasteiger partial charge on any atom is 0.387 e. The second kappa shape index (κ2) is 11.5. The van der Waals surface area contributed by atoms with Crippen LogP contribution in [-0.2, 0) is 11.3 Å². The summed E-state index contributed by atoms with van der Waals surface area (Å²) in [5.41, 5.74) is 5.81. The van der Waals surface area contributed by atoms with Crippen LogP contribution in [0.1, 0.15) is 18.9 Å². The molecule has 0 saturated heterocycles. The van der Waals surface area contributed by atoms with Gasteiger partial charge in [0.15, 0.2) is 11.5 Å². The average molecular weight is 405 g/mol. The van der Waals surface area contributed by atoms with Gasteiger partial charge in [0.05, 0.1) is 6.61 Å². The lowest BCUT2D eigenvalue weighted by molar-refractivity contribution is -0.132. The third kappa shape index (κ3) is 7.90. The van der Waals surface area contributed by atoms with Crippen molar-refractivity contribution >= 4 is 23.7 Å². The van der Waals surface area contributed by atoms with E-state index in [0.717, 1.165) is 0 Å². The van der Waals surface area contributed by atoms with E-state index in [9.17, 15) is 18.4 Å². The van der Waals surface area contributed by atoms with Gasteiger partial charge in [0.2, 0.25) is 5.91 Å². The monoisotopic (exact) mass is 405 g/mol. The third-order valence-corrected chi connectivity index (χ3v) is 4.19. The smallest absolute Gasteiger partial charge is 0.387 e. The fourth-order valence-corrected chi connectivity index (χ4v) is 2.87. The van der Waals surface area contributed by atoms with Gasteiger partial charge >= 0.3 is 12.6 Å². The molecule has 1 rings (SSSR count). The normalized spacial score (nSPS) is 11.8. The standard InChI is InChI=1S/C17H25F2N3O4S/c1-4-25-14-9-11(5-6-13(14)26-16(18)19)10-22(2)15(23)12(7-8-27-3)21-17(20)24/h5-6,9,12,16H,4,7-8,10H2,1-3H3,(H3,20,21,24). The summed E-state index contributed by atoms with van der Waals surface area (Å²) in [6, 6.07) is 2.99. The topological polar surface area (TPSA) is 93.9 Å². The molecular formula is C17H25F2N3O4S. The first kappa shape index (κ1) is 22.8. The quantitative estimate of drug-likeness (QED) is 0.590. The summed E-state index contributed by atoms with van der Waals surface area (Å²) in [6.45, 7) is -0.766. The van der Waals surface area contributed by atoms with Crippen LogP contribution in [0.4, 0.5) is 13.6 Å². The summed E-state index contributed by atoms with van der Waals surface area (Å²) in [4.78, 5) is 25.2. The number of thioether (sulfide) groups is 1. The van der Waals surface area contributed by atoms with E-state index in [0.29, 0.717) is 17.7 Å². The van der Waals surface area contributed by atoms with Crippen molar-refractivity contribution in [3.05, 3.63) is 23.8 Å². The largest absolute Gasteiger partial charge is 0.490 e. The number of hydrogen-bond acceptors (Lipinski definition) is 5. The van der Waals surface area contributed by atoms with Crippen LogP contribution in [0.15, 0.2) is 18.2 Å². The maximum atomic E-state index is 12.6. The molecule has 152 valence electrons. The molecule has 1 unspecified atom stereocenters. The Balaban J connectivity index is 2.89. The molecule has 7 nitrogen and oxygen atoms in total. The Labute approximate surface area is 161 Å². The summed E-state index contributed by atoms with van der Waals surface area (Å²) >= 11 is 1.55. The first-order valence-corrected chi connectivity index (χ1v) is 9.68. The molecule has 1 aromatic rings. The molecule has 1 atom stereocenters. The Morgan fingerprint density at radius 1 is 1.33 bits per heavy atom. The zero-order valence-corrected chi connectivity index (χ0v) is 16.4. The van der Waals surface area contributed by atoms with Crippen molar-refractivity contribution in [2.45, 2.75) is 32.5 Å². The van der Waals surface area contributed by atoms with Crippen LogP contribution in [0.2, 0.25) is 0 Å². The number of ether oxygens (including phenoxy) is 2. The van der Waals surface area contributed by atoms with Crippen LogP contribution in [0.5, 0.6) is 11.5 Å². The van der Waals surface area contributed by atoms with Gasteiger partial charge in [-0.05, 0) is 43.0 Å². The number of benzene rings is 1. The lowest BCUT2D eigenvalue weighted by Crippen LogP contribution is -2.49. The van der Waals surface area contributed by atoms with Crippen LogP contribution in [0.3, 0.4) is 0 Å². The van der Waals surface area contributed by atoms with Crippen LogP contribution in [-0.4, -0.2) is 55.2 Å². The summed E-state index contributed by atoms with van der Waals surface area (Å²) in [7, 11) is 1.58.